The fourth-order valence-corrected chi connectivity index (χ4v) is 4.60. The molecule has 0 amide bonds. The molecule has 158 valence electrons. The van der Waals surface area contributed by atoms with Gasteiger partial charge in [0.25, 0.3) is 5.56 Å². The van der Waals surface area contributed by atoms with Crippen LogP contribution >= 0.6 is 11.3 Å². The van der Waals surface area contributed by atoms with Crippen LogP contribution in [0.2, 0.25) is 0 Å². The topological polar surface area (TPSA) is 81.9 Å². The smallest absolute Gasteiger partial charge is 0.267 e. The van der Waals surface area contributed by atoms with Gasteiger partial charge in [-0.3, -0.25) is 4.79 Å². The highest BCUT2D eigenvalue weighted by atomic mass is 32.2. The molecule has 4 rings (SSSR count). The molecule has 0 saturated heterocycles. The minimum absolute atomic E-state index is 0.181. The predicted molar refractivity (Wildman–Crippen MR) is 118 cm³/mol. The van der Waals surface area contributed by atoms with Crippen molar-refractivity contribution in [2.75, 3.05) is 6.26 Å². The number of benzene rings is 2. The van der Waals surface area contributed by atoms with Crippen LogP contribution in [-0.2, 0) is 16.4 Å². The van der Waals surface area contributed by atoms with E-state index in [0.29, 0.717) is 22.3 Å². The van der Waals surface area contributed by atoms with Gasteiger partial charge in [0.1, 0.15) is 10.8 Å². The van der Waals surface area contributed by atoms with Crippen LogP contribution in [0, 0.1) is 12.7 Å². The van der Waals surface area contributed by atoms with Gasteiger partial charge in [0, 0.05) is 22.9 Å². The molecule has 2 aromatic heterocycles. The Hall–Kier alpha value is -3.17. The molecule has 0 aliphatic carbocycles. The highest BCUT2D eigenvalue weighted by Gasteiger charge is 2.17. The van der Waals surface area contributed by atoms with Crippen molar-refractivity contribution in [1.82, 2.24) is 14.8 Å². The Labute approximate surface area is 182 Å². The third kappa shape index (κ3) is 4.47. The van der Waals surface area contributed by atoms with E-state index >= 15 is 0 Å². The first-order valence-electron chi connectivity index (χ1n) is 9.30. The van der Waals surface area contributed by atoms with Gasteiger partial charge in [-0.05, 0) is 42.3 Å². The van der Waals surface area contributed by atoms with Gasteiger partial charge in [0.15, 0.2) is 9.84 Å². The second-order valence-corrected chi connectivity index (χ2v) is 10.4. The molecule has 0 atom stereocenters. The van der Waals surface area contributed by atoms with Gasteiger partial charge in [0.2, 0.25) is 0 Å². The Morgan fingerprint density at radius 3 is 2.23 bits per heavy atom. The van der Waals surface area contributed by atoms with Gasteiger partial charge in [-0.15, -0.1) is 11.3 Å². The molecule has 0 radical (unpaired) electrons. The number of aromatic nitrogens is 3. The van der Waals surface area contributed by atoms with Crippen LogP contribution in [0.15, 0.2) is 70.6 Å². The first-order valence-corrected chi connectivity index (χ1v) is 12.0. The molecule has 0 fully saturated rings. The monoisotopic (exact) mass is 455 g/mol. The van der Waals surface area contributed by atoms with E-state index in [-0.39, 0.29) is 17.0 Å². The van der Waals surface area contributed by atoms with Crippen molar-refractivity contribution in [3.05, 3.63) is 87.0 Å². The minimum atomic E-state index is -3.35. The average Bonchev–Trinajstić information content (AvgIpc) is 3.14. The summed E-state index contributed by atoms with van der Waals surface area (Å²) in [7, 11) is -3.35. The first kappa shape index (κ1) is 21.1. The Bertz CT molecular complexity index is 1410. The number of sulfone groups is 1. The zero-order valence-corrected chi connectivity index (χ0v) is 18.4. The van der Waals surface area contributed by atoms with Crippen molar-refractivity contribution in [2.45, 2.75) is 18.4 Å². The van der Waals surface area contributed by atoms with E-state index in [0.717, 1.165) is 16.1 Å². The number of hydrogen-bond donors (Lipinski definition) is 0. The van der Waals surface area contributed by atoms with Crippen LogP contribution in [0.3, 0.4) is 0 Å². The van der Waals surface area contributed by atoms with Crippen molar-refractivity contribution in [3.63, 3.8) is 0 Å². The molecule has 4 aromatic rings. The number of halogens is 1. The number of rotatable bonds is 5. The molecule has 0 aliphatic heterocycles. The van der Waals surface area contributed by atoms with E-state index in [1.807, 2.05) is 6.92 Å². The average molecular weight is 456 g/mol. The fourth-order valence-electron chi connectivity index (χ4n) is 3.20. The molecule has 2 heterocycles. The summed E-state index contributed by atoms with van der Waals surface area (Å²) in [5, 5.41) is 5.06. The highest BCUT2D eigenvalue weighted by molar-refractivity contribution is 7.90. The molecule has 9 heteroatoms. The van der Waals surface area contributed by atoms with Crippen LogP contribution in [-0.4, -0.2) is 29.4 Å². The number of thiazole rings is 1. The van der Waals surface area contributed by atoms with Gasteiger partial charge in [-0.2, -0.15) is 5.10 Å². The van der Waals surface area contributed by atoms with Gasteiger partial charge < -0.3 is 0 Å². The van der Waals surface area contributed by atoms with Gasteiger partial charge in [-0.1, -0.05) is 24.3 Å². The third-order valence-corrected chi connectivity index (χ3v) is 6.75. The predicted octanol–water partition coefficient (Wildman–Crippen LogP) is 3.93. The lowest BCUT2D eigenvalue weighted by Gasteiger charge is -2.12. The summed E-state index contributed by atoms with van der Waals surface area (Å²) in [6.45, 7) is 2.16. The van der Waals surface area contributed by atoms with Gasteiger partial charge in [-0.25, -0.2) is 22.5 Å². The second-order valence-electron chi connectivity index (χ2n) is 7.06. The molecule has 0 unspecified atom stereocenters. The van der Waals surface area contributed by atoms with E-state index in [9.17, 15) is 17.6 Å². The molecule has 0 bridgehead atoms. The summed E-state index contributed by atoms with van der Waals surface area (Å²) in [5.74, 6) is -0.407. The van der Waals surface area contributed by atoms with E-state index < -0.39 is 15.7 Å². The lowest BCUT2D eigenvalue weighted by Crippen LogP contribution is -2.25. The van der Waals surface area contributed by atoms with Crippen LogP contribution in [0.25, 0.3) is 22.3 Å². The SMILES string of the molecule is Cc1cnc(Cn2ncc(-c3ccc(S(C)(=O)=O)cc3)c(-c3ccc(F)cc3)c2=O)s1. The molecular formula is C22H18FN3O3S2. The largest absolute Gasteiger partial charge is 0.275 e. The van der Waals surface area contributed by atoms with Crippen molar-refractivity contribution in [1.29, 1.82) is 0 Å². The van der Waals surface area contributed by atoms with Crippen molar-refractivity contribution < 1.29 is 12.8 Å². The summed E-state index contributed by atoms with van der Waals surface area (Å²) in [6, 6.07) is 11.9. The molecule has 0 N–H and O–H groups in total. The Morgan fingerprint density at radius 1 is 1.00 bits per heavy atom. The summed E-state index contributed by atoms with van der Waals surface area (Å²) in [5.41, 5.74) is 1.72. The zero-order chi connectivity index (χ0) is 22.2. The van der Waals surface area contributed by atoms with Crippen molar-refractivity contribution in [3.8, 4) is 22.3 Å². The maximum atomic E-state index is 13.5. The molecule has 2 aromatic carbocycles. The maximum absolute atomic E-state index is 13.5. The zero-order valence-electron chi connectivity index (χ0n) is 16.7. The molecule has 0 spiro atoms. The lowest BCUT2D eigenvalue weighted by atomic mass is 9.97. The number of hydrogen-bond acceptors (Lipinski definition) is 6. The lowest BCUT2D eigenvalue weighted by molar-refractivity contribution is 0.602. The molecule has 0 saturated carbocycles. The van der Waals surface area contributed by atoms with Crippen molar-refractivity contribution in [2.24, 2.45) is 0 Å². The molecule has 0 aliphatic rings. The summed E-state index contributed by atoms with van der Waals surface area (Å²) in [4.78, 5) is 18.9. The summed E-state index contributed by atoms with van der Waals surface area (Å²) in [6.07, 6.45) is 4.44. The fraction of sp³-hybridized carbons (Fsp3) is 0.136. The first-order chi connectivity index (χ1) is 14.7. The summed E-state index contributed by atoms with van der Waals surface area (Å²) >= 11 is 1.48. The molecular weight excluding hydrogens is 437 g/mol. The third-order valence-electron chi connectivity index (χ3n) is 4.72. The molecule has 31 heavy (non-hydrogen) atoms. The van der Waals surface area contributed by atoms with E-state index in [4.69, 9.17) is 0 Å². The van der Waals surface area contributed by atoms with E-state index in [2.05, 4.69) is 10.1 Å². The van der Waals surface area contributed by atoms with Gasteiger partial charge in [0.05, 0.1) is 23.2 Å². The minimum Gasteiger partial charge on any atom is -0.267 e. The molecule has 6 nitrogen and oxygen atoms in total. The van der Waals surface area contributed by atoms with E-state index in [1.165, 1.54) is 52.4 Å². The normalized spacial score (nSPS) is 11.6. The quantitative estimate of drug-likeness (QED) is 0.455. The van der Waals surface area contributed by atoms with Crippen LogP contribution in [0.1, 0.15) is 9.88 Å². The van der Waals surface area contributed by atoms with Crippen molar-refractivity contribution >= 4 is 21.2 Å². The summed E-state index contributed by atoms with van der Waals surface area (Å²) < 4.78 is 38.4. The standard InChI is InChI=1S/C22H18FN3O3S2/c1-14-11-24-20(30-14)13-26-22(27)21(16-3-7-17(23)8-4-16)19(12-25-26)15-5-9-18(10-6-15)31(2,28)29/h3-12H,13H2,1-2H3. The number of nitrogens with zero attached hydrogens (tertiary/aromatic N) is 3. The van der Waals surface area contributed by atoms with Crippen LogP contribution in [0.5, 0.6) is 0 Å². The van der Waals surface area contributed by atoms with Crippen LogP contribution < -0.4 is 5.56 Å². The van der Waals surface area contributed by atoms with Gasteiger partial charge >= 0.3 is 0 Å². The Kier molecular flexibility index (Phi) is 5.55. The Balaban J connectivity index is 1.87. The van der Waals surface area contributed by atoms with E-state index in [1.54, 1.807) is 24.5 Å². The van der Waals surface area contributed by atoms with Crippen LogP contribution in [0.4, 0.5) is 4.39 Å². The number of aryl methyl sites for hydroxylation is 1. The second kappa shape index (κ2) is 8.16. The maximum Gasteiger partial charge on any atom is 0.275 e. The highest BCUT2D eigenvalue weighted by Crippen LogP contribution is 2.30. The Morgan fingerprint density at radius 2 is 1.65 bits per heavy atom.